The number of carbonyl (C=O) groups excluding carboxylic acids is 1. The number of benzene rings is 3. The summed E-state index contributed by atoms with van der Waals surface area (Å²) in [7, 11) is 1.35. The van der Waals surface area contributed by atoms with Crippen LogP contribution < -0.4 is 0 Å². The molecule has 38 heavy (non-hydrogen) atoms. The fraction of sp³-hybridized carbons (Fsp3) is 0.387. The van der Waals surface area contributed by atoms with Crippen molar-refractivity contribution in [2.75, 3.05) is 13.7 Å². The summed E-state index contributed by atoms with van der Waals surface area (Å²) >= 11 is 0. The highest BCUT2D eigenvalue weighted by Gasteiger charge is 2.46. The van der Waals surface area contributed by atoms with Crippen LogP contribution in [0.25, 0.3) is 0 Å². The van der Waals surface area contributed by atoms with Gasteiger partial charge in [0, 0.05) is 6.42 Å². The van der Waals surface area contributed by atoms with Gasteiger partial charge in [0.25, 0.3) is 0 Å². The molecule has 1 saturated heterocycles. The van der Waals surface area contributed by atoms with Crippen molar-refractivity contribution in [1.29, 1.82) is 0 Å². The van der Waals surface area contributed by atoms with Crippen molar-refractivity contribution in [3.63, 3.8) is 0 Å². The summed E-state index contributed by atoms with van der Waals surface area (Å²) in [5.74, 6) is -0.359. The standard InChI is InChI=1S/C31H36O7/c1-34-28(32)18-17-26-29(33)31(37-21-25-15-9-4-10-16-25)30(36-20-24-13-7-3-8-14-24)27(38-26)22-35-19-23-11-5-2-6-12-23/h2-16,26-27,29-31,33H,17-22H2,1H3/t26?,27-,29+,30?,31-/m1/s1. The maximum absolute atomic E-state index is 11.8. The Labute approximate surface area is 224 Å². The Kier molecular flexibility index (Phi) is 10.9. The lowest BCUT2D eigenvalue weighted by atomic mass is 9.92. The molecule has 3 aromatic rings. The predicted molar refractivity (Wildman–Crippen MR) is 142 cm³/mol. The van der Waals surface area contributed by atoms with E-state index in [1.165, 1.54) is 7.11 Å². The summed E-state index contributed by atoms with van der Waals surface area (Å²) in [4.78, 5) is 11.8. The fourth-order valence-corrected chi connectivity index (χ4v) is 4.53. The van der Waals surface area contributed by atoms with E-state index in [1.54, 1.807) is 0 Å². The molecule has 4 rings (SSSR count). The molecule has 1 aliphatic rings. The van der Waals surface area contributed by atoms with Crippen LogP contribution in [0.15, 0.2) is 91.0 Å². The zero-order valence-electron chi connectivity index (χ0n) is 21.7. The Morgan fingerprint density at radius 2 is 1.24 bits per heavy atom. The largest absolute Gasteiger partial charge is 0.469 e. The van der Waals surface area contributed by atoms with Crippen LogP contribution in [0, 0.1) is 0 Å². The second kappa shape index (κ2) is 14.8. The molecule has 0 amide bonds. The number of carbonyl (C=O) groups is 1. The van der Waals surface area contributed by atoms with Crippen molar-refractivity contribution >= 4 is 5.97 Å². The van der Waals surface area contributed by atoms with E-state index in [-0.39, 0.29) is 19.0 Å². The molecule has 7 heteroatoms. The molecule has 5 atom stereocenters. The Morgan fingerprint density at radius 1 is 0.737 bits per heavy atom. The average molecular weight is 521 g/mol. The predicted octanol–water partition coefficient (Wildman–Crippen LogP) is 4.46. The minimum Gasteiger partial charge on any atom is -0.469 e. The number of methoxy groups -OCH3 is 1. The van der Waals surface area contributed by atoms with Crippen LogP contribution in [0.4, 0.5) is 0 Å². The number of hydrogen-bond acceptors (Lipinski definition) is 7. The molecule has 7 nitrogen and oxygen atoms in total. The van der Waals surface area contributed by atoms with E-state index in [0.717, 1.165) is 16.7 Å². The smallest absolute Gasteiger partial charge is 0.305 e. The van der Waals surface area contributed by atoms with Crippen LogP contribution in [-0.4, -0.2) is 55.3 Å². The third-order valence-corrected chi connectivity index (χ3v) is 6.58. The minimum absolute atomic E-state index is 0.122. The summed E-state index contributed by atoms with van der Waals surface area (Å²) < 4.78 is 29.9. The molecule has 0 aromatic heterocycles. The highest BCUT2D eigenvalue weighted by atomic mass is 16.6. The third-order valence-electron chi connectivity index (χ3n) is 6.58. The van der Waals surface area contributed by atoms with Crippen molar-refractivity contribution in [2.45, 2.75) is 63.2 Å². The first-order chi connectivity index (χ1) is 18.6. The number of ether oxygens (including phenoxy) is 5. The second-order valence-electron chi connectivity index (χ2n) is 9.34. The fourth-order valence-electron chi connectivity index (χ4n) is 4.53. The van der Waals surface area contributed by atoms with Crippen LogP contribution in [0.2, 0.25) is 0 Å². The summed E-state index contributed by atoms with van der Waals surface area (Å²) in [6, 6.07) is 29.5. The lowest BCUT2D eigenvalue weighted by Gasteiger charge is -2.44. The van der Waals surface area contributed by atoms with Crippen LogP contribution in [0.3, 0.4) is 0 Å². The second-order valence-corrected chi connectivity index (χ2v) is 9.34. The minimum atomic E-state index is -1.01. The van der Waals surface area contributed by atoms with Crippen molar-refractivity contribution in [3.05, 3.63) is 108 Å². The van der Waals surface area contributed by atoms with Gasteiger partial charge in [-0.2, -0.15) is 0 Å². The van der Waals surface area contributed by atoms with Gasteiger partial charge in [-0.05, 0) is 23.1 Å². The van der Waals surface area contributed by atoms with Gasteiger partial charge in [-0.3, -0.25) is 4.79 Å². The van der Waals surface area contributed by atoms with Crippen molar-refractivity contribution in [3.8, 4) is 0 Å². The first-order valence-electron chi connectivity index (χ1n) is 13.0. The van der Waals surface area contributed by atoms with E-state index in [9.17, 15) is 9.90 Å². The van der Waals surface area contributed by atoms with Gasteiger partial charge in [-0.15, -0.1) is 0 Å². The molecule has 3 aromatic carbocycles. The summed E-state index contributed by atoms with van der Waals surface area (Å²) in [6.07, 6.45) is -3.05. The quantitative estimate of drug-likeness (QED) is 0.333. The topological polar surface area (TPSA) is 83.5 Å². The number of rotatable bonds is 13. The molecule has 0 bridgehead atoms. The third kappa shape index (κ3) is 8.21. The molecule has 0 spiro atoms. The van der Waals surface area contributed by atoms with Crippen LogP contribution >= 0.6 is 0 Å². The average Bonchev–Trinajstić information content (AvgIpc) is 2.97. The number of aliphatic hydroxyl groups is 1. The Morgan fingerprint density at radius 3 is 1.76 bits per heavy atom. The monoisotopic (exact) mass is 520 g/mol. The Bertz CT molecular complexity index is 1080. The van der Waals surface area contributed by atoms with E-state index in [4.69, 9.17) is 23.7 Å². The molecule has 0 radical (unpaired) electrons. The van der Waals surface area contributed by atoms with Gasteiger partial charge in [0.15, 0.2) is 0 Å². The summed E-state index contributed by atoms with van der Waals surface area (Å²) in [5.41, 5.74) is 3.03. The molecule has 202 valence electrons. The van der Waals surface area contributed by atoms with E-state index < -0.39 is 30.5 Å². The highest BCUT2D eigenvalue weighted by Crippen LogP contribution is 2.30. The van der Waals surface area contributed by atoms with Gasteiger partial charge in [0.1, 0.15) is 24.4 Å². The zero-order valence-corrected chi connectivity index (χ0v) is 21.7. The van der Waals surface area contributed by atoms with Crippen LogP contribution in [0.5, 0.6) is 0 Å². The maximum atomic E-state index is 11.8. The van der Waals surface area contributed by atoms with E-state index in [0.29, 0.717) is 26.2 Å². The molecule has 0 aliphatic carbocycles. The van der Waals surface area contributed by atoms with E-state index in [1.807, 2.05) is 91.0 Å². The molecule has 1 fully saturated rings. The molecule has 1 N–H and O–H groups in total. The number of hydrogen-bond donors (Lipinski definition) is 1. The van der Waals surface area contributed by atoms with Gasteiger partial charge < -0.3 is 28.8 Å². The summed E-state index contributed by atoms with van der Waals surface area (Å²) in [5, 5.41) is 11.4. The van der Waals surface area contributed by atoms with Gasteiger partial charge in [-0.25, -0.2) is 0 Å². The van der Waals surface area contributed by atoms with Crippen molar-refractivity contribution in [2.24, 2.45) is 0 Å². The van der Waals surface area contributed by atoms with Crippen LogP contribution in [-0.2, 0) is 48.3 Å². The van der Waals surface area contributed by atoms with E-state index >= 15 is 0 Å². The molecule has 1 aliphatic heterocycles. The molecule has 0 saturated carbocycles. The number of esters is 1. The van der Waals surface area contributed by atoms with Crippen molar-refractivity contribution in [1.82, 2.24) is 0 Å². The van der Waals surface area contributed by atoms with Gasteiger partial charge in [0.2, 0.25) is 0 Å². The van der Waals surface area contributed by atoms with Crippen LogP contribution in [0.1, 0.15) is 29.5 Å². The Hall–Kier alpha value is -3.07. The van der Waals surface area contributed by atoms with Gasteiger partial charge in [-0.1, -0.05) is 91.0 Å². The molecule has 2 unspecified atom stereocenters. The van der Waals surface area contributed by atoms with Gasteiger partial charge >= 0.3 is 5.97 Å². The zero-order chi connectivity index (χ0) is 26.6. The first-order valence-corrected chi connectivity index (χ1v) is 13.0. The van der Waals surface area contributed by atoms with Crippen molar-refractivity contribution < 1.29 is 33.6 Å². The first kappa shape index (κ1) is 28.0. The lowest BCUT2D eigenvalue weighted by molar-refractivity contribution is -0.262. The van der Waals surface area contributed by atoms with E-state index in [2.05, 4.69) is 0 Å². The maximum Gasteiger partial charge on any atom is 0.305 e. The molecular formula is C31H36O7. The normalized spacial score (nSPS) is 23.2. The molecular weight excluding hydrogens is 484 g/mol. The number of aliphatic hydroxyl groups excluding tert-OH is 1. The SMILES string of the molecule is COC(=O)CCC1O[C@H](COCc2ccccc2)C(OCc2ccccc2)[C@H](OCc2ccccc2)[C@H]1O. The molecule has 1 heterocycles. The Balaban J connectivity index is 1.52. The summed E-state index contributed by atoms with van der Waals surface area (Å²) in [6.45, 7) is 1.28. The highest BCUT2D eigenvalue weighted by molar-refractivity contribution is 5.69. The van der Waals surface area contributed by atoms with Gasteiger partial charge in [0.05, 0.1) is 39.6 Å². The lowest BCUT2D eigenvalue weighted by Crippen LogP contribution is -2.60.